The van der Waals surface area contributed by atoms with E-state index in [2.05, 4.69) is 24.7 Å². The Labute approximate surface area is 150 Å². The lowest BCUT2D eigenvalue weighted by Gasteiger charge is -2.16. The Bertz CT molecular complexity index is 765. The summed E-state index contributed by atoms with van der Waals surface area (Å²) in [6, 6.07) is 6.77. The van der Waals surface area contributed by atoms with Crippen molar-refractivity contribution in [2.75, 3.05) is 6.61 Å². The van der Waals surface area contributed by atoms with Gasteiger partial charge in [-0.1, -0.05) is 31.8 Å². The first-order chi connectivity index (χ1) is 12.0. The minimum atomic E-state index is -4.43. The van der Waals surface area contributed by atoms with Gasteiger partial charge in [0.2, 0.25) is 0 Å². The molecule has 1 aromatic heterocycles. The first-order valence-electron chi connectivity index (χ1n) is 8.04. The van der Waals surface area contributed by atoms with Crippen molar-refractivity contribution in [3.05, 3.63) is 41.6 Å². The molecule has 0 atom stereocenters. The molecular weight excluding hydrogens is 365 g/mol. The van der Waals surface area contributed by atoms with Crippen molar-refractivity contribution in [3.8, 4) is 11.3 Å². The lowest BCUT2D eigenvalue weighted by atomic mass is 10.1. The summed E-state index contributed by atoms with van der Waals surface area (Å²) in [4.78, 5) is 11.2. The van der Waals surface area contributed by atoms with Crippen molar-refractivity contribution in [1.82, 2.24) is 9.78 Å². The average Bonchev–Trinajstić information content (AvgIpc) is 2.94. The third kappa shape index (κ3) is 5.43. The number of nitrogens with zero attached hydrogens (tertiary/aromatic N) is 2. The Hall–Kier alpha value is -2.13. The van der Waals surface area contributed by atoms with Crippen LogP contribution in [0.15, 0.2) is 30.3 Å². The number of aromatic nitrogens is 2. The largest absolute Gasteiger partial charge is 0.476 e. The Morgan fingerprint density at radius 3 is 2.35 bits per heavy atom. The van der Waals surface area contributed by atoms with E-state index in [-0.39, 0.29) is 12.4 Å². The Morgan fingerprint density at radius 1 is 1.23 bits per heavy atom. The second-order valence-corrected chi connectivity index (χ2v) is 12.8. The van der Waals surface area contributed by atoms with Gasteiger partial charge in [-0.15, -0.1) is 0 Å². The van der Waals surface area contributed by atoms with E-state index in [9.17, 15) is 18.0 Å². The maximum Gasteiger partial charge on any atom is 0.416 e. The minimum absolute atomic E-state index is 0.0358. The maximum atomic E-state index is 12.7. The standard InChI is InChI=1S/C17H21F3N2O3Si/c1-26(2,3)9-8-25-11-22-15(10-14(21-22)16(23)24)12-4-6-13(7-5-12)17(18,19)20/h4-7,10H,8-9,11H2,1-3H3,(H,23,24). The van der Waals surface area contributed by atoms with Crippen LogP contribution < -0.4 is 0 Å². The zero-order valence-electron chi connectivity index (χ0n) is 14.8. The van der Waals surface area contributed by atoms with Gasteiger partial charge in [-0.3, -0.25) is 0 Å². The van der Waals surface area contributed by atoms with Crippen LogP contribution in [0.2, 0.25) is 25.7 Å². The topological polar surface area (TPSA) is 64.4 Å². The van der Waals surface area contributed by atoms with E-state index in [0.29, 0.717) is 17.9 Å². The molecule has 1 aromatic carbocycles. The summed E-state index contributed by atoms with van der Waals surface area (Å²) in [5, 5.41) is 13.1. The molecule has 142 valence electrons. The van der Waals surface area contributed by atoms with Crippen LogP contribution in [-0.4, -0.2) is 35.5 Å². The molecule has 0 fully saturated rings. The van der Waals surface area contributed by atoms with Crippen LogP contribution in [0.25, 0.3) is 11.3 Å². The fraction of sp³-hybridized carbons (Fsp3) is 0.412. The molecule has 9 heteroatoms. The fourth-order valence-corrected chi connectivity index (χ4v) is 2.97. The third-order valence-electron chi connectivity index (χ3n) is 3.72. The molecule has 0 amide bonds. The fourth-order valence-electron chi connectivity index (χ4n) is 2.21. The molecule has 26 heavy (non-hydrogen) atoms. The number of alkyl halides is 3. The second kappa shape index (κ2) is 7.63. The highest BCUT2D eigenvalue weighted by molar-refractivity contribution is 6.76. The Balaban J connectivity index is 2.22. The van der Waals surface area contributed by atoms with Crippen LogP contribution in [0.1, 0.15) is 16.1 Å². The molecule has 0 aliphatic carbocycles. The number of hydrogen-bond acceptors (Lipinski definition) is 3. The summed E-state index contributed by atoms with van der Waals surface area (Å²) in [7, 11) is -1.27. The molecule has 2 rings (SSSR count). The van der Waals surface area contributed by atoms with E-state index in [1.807, 2.05) is 0 Å². The van der Waals surface area contributed by atoms with E-state index < -0.39 is 25.8 Å². The predicted molar refractivity (Wildman–Crippen MR) is 93.7 cm³/mol. The summed E-state index contributed by atoms with van der Waals surface area (Å²) in [5.74, 6) is -1.21. The number of carboxylic acid groups (broad SMARTS) is 1. The quantitative estimate of drug-likeness (QED) is 0.559. The molecule has 0 spiro atoms. The first-order valence-corrected chi connectivity index (χ1v) is 11.7. The van der Waals surface area contributed by atoms with Crippen molar-refractivity contribution >= 4 is 14.0 Å². The summed E-state index contributed by atoms with van der Waals surface area (Å²) in [6.07, 6.45) is -4.43. The highest BCUT2D eigenvalue weighted by Crippen LogP contribution is 2.31. The molecular formula is C17H21F3N2O3Si. The van der Waals surface area contributed by atoms with Crippen molar-refractivity contribution in [2.24, 2.45) is 0 Å². The van der Waals surface area contributed by atoms with Gasteiger partial charge in [-0.2, -0.15) is 18.3 Å². The zero-order chi connectivity index (χ0) is 19.5. The first kappa shape index (κ1) is 20.2. The highest BCUT2D eigenvalue weighted by atomic mass is 28.3. The zero-order valence-corrected chi connectivity index (χ0v) is 15.8. The number of carboxylic acids is 1. The van der Waals surface area contributed by atoms with Gasteiger partial charge in [0.15, 0.2) is 5.69 Å². The van der Waals surface area contributed by atoms with Gasteiger partial charge in [0.05, 0.1) is 11.3 Å². The molecule has 0 radical (unpaired) electrons. The molecule has 0 unspecified atom stereocenters. The average molecular weight is 386 g/mol. The Morgan fingerprint density at radius 2 is 1.85 bits per heavy atom. The Kier molecular flexibility index (Phi) is 5.92. The van der Waals surface area contributed by atoms with Gasteiger partial charge in [-0.05, 0) is 29.8 Å². The van der Waals surface area contributed by atoms with Crippen molar-refractivity contribution < 1.29 is 27.8 Å². The molecule has 2 aromatic rings. The monoisotopic (exact) mass is 386 g/mol. The molecule has 0 aliphatic rings. The molecule has 1 N–H and O–H groups in total. The number of carbonyl (C=O) groups is 1. The SMILES string of the molecule is C[Si](C)(C)CCOCn1nc(C(=O)O)cc1-c1ccc(C(F)(F)F)cc1. The normalized spacial score (nSPS) is 12.4. The number of hydrogen-bond donors (Lipinski definition) is 1. The highest BCUT2D eigenvalue weighted by Gasteiger charge is 2.30. The van der Waals surface area contributed by atoms with E-state index >= 15 is 0 Å². The smallest absolute Gasteiger partial charge is 0.416 e. The molecule has 0 saturated carbocycles. The van der Waals surface area contributed by atoms with Gasteiger partial charge in [0.1, 0.15) is 6.73 Å². The number of ether oxygens (including phenoxy) is 1. The minimum Gasteiger partial charge on any atom is -0.476 e. The molecule has 0 aliphatic heterocycles. The molecule has 5 nitrogen and oxygen atoms in total. The second-order valence-electron chi connectivity index (χ2n) is 7.14. The summed E-state index contributed by atoms with van der Waals surface area (Å²) >= 11 is 0. The van der Waals surface area contributed by atoms with Crippen molar-refractivity contribution in [1.29, 1.82) is 0 Å². The van der Waals surface area contributed by atoms with E-state index in [0.717, 1.165) is 18.2 Å². The predicted octanol–water partition coefficient (Wildman–Crippen LogP) is 4.58. The van der Waals surface area contributed by atoms with Crippen LogP contribution in [0.4, 0.5) is 13.2 Å². The van der Waals surface area contributed by atoms with E-state index in [1.165, 1.54) is 22.9 Å². The molecule has 1 heterocycles. The van der Waals surface area contributed by atoms with E-state index in [1.54, 1.807) is 0 Å². The van der Waals surface area contributed by atoms with Crippen LogP contribution in [0, 0.1) is 0 Å². The van der Waals surface area contributed by atoms with Crippen LogP contribution in [0.3, 0.4) is 0 Å². The van der Waals surface area contributed by atoms with Gasteiger partial charge in [-0.25, -0.2) is 9.48 Å². The van der Waals surface area contributed by atoms with Gasteiger partial charge >= 0.3 is 12.1 Å². The third-order valence-corrected chi connectivity index (χ3v) is 5.42. The lowest BCUT2D eigenvalue weighted by Crippen LogP contribution is -2.22. The summed E-state index contributed by atoms with van der Waals surface area (Å²) in [5.41, 5.74) is -0.123. The molecule has 0 saturated heterocycles. The van der Waals surface area contributed by atoms with Crippen LogP contribution >= 0.6 is 0 Å². The van der Waals surface area contributed by atoms with Crippen LogP contribution in [-0.2, 0) is 17.6 Å². The van der Waals surface area contributed by atoms with Gasteiger partial charge < -0.3 is 9.84 Å². The lowest BCUT2D eigenvalue weighted by molar-refractivity contribution is -0.137. The maximum absolute atomic E-state index is 12.7. The van der Waals surface area contributed by atoms with E-state index in [4.69, 9.17) is 9.84 Å². The van der Waals surface area contributed by atoms with Gasteiger partial charge in [0, 0.05) is 14.7 Å². The van der Waals surface area contributed by atoms with Crippen LogP contribution in [0.5, 0.6) is 0 Å². The molecule has 0 bridgehead atoms. The van der Waals surface area contributed by atoms with Crippen molar-refractivity contribution in [3.63, 3.8) is 0 Å². The number of benzene rings is 1. The summed E-state index contributed by atoms with van der Waals surface area (Å²) in [6.45, 7) is 7.18. The number of rotatable bonds is 7. The number of halogens is 3. The summed E-state index contributed by atoms with van der Waals surface area (Å²) < 4.78 is 45.1. The number of aromatic carboxylic acids is 1. The van der Waals surface area contributed by atoms with Gasteiger partial charge in [0.25, 0.3) is 0 Å². The van der Waals surface area contributed by atoms with Crippen molar-refractivity contribution in [2.45, 2.75) is 38.6 Å².